The number of alkyl halides is 1. The molecule has 1 fully saturated rings. The number of hydrogen-bond acceptors (Lipinski definition) is 0. The van der Waals surface area contributed by atoms with Crippen LogP contribution in [0.4, 0.5) is 4.39 Å². The summed E-state index contributed by atoms with van der Waals surface area (Å²) in [5.41, 5.74) is 0. The van der Waals surface area contributed by atoms with Crippen molar-refractivity contribution in [2.24, 2.45) is 11.8 Å². The highest BCUT2D eigenvalue weighted by Crippen LogP contribution is 2.31. The Morgan fingerprint density at radius 1 is 1.20 bits per heavy atom. The molecule has 0 amide bonds. The molecule has 0 aromatic heterocycles. The van der Waals surface area contributed by atoms with E-state index >= 15 is 0 Å². The van der Waals surface area contributed by atoms with Gasteiger partial charge in [0, 0.05) is 0 Å². The van der Waals surface area contributed by atoms with Crippen molar-refractivity contribution in [3.05, 3.63) is 0 Å². The lowest BCUT2D eigenvalue weighted by Crippen LogP contribution is -2.24. The SMILES string of the molecule is CC(C)[C@@H]1CCCC[C@H]1F. The molecule has 0 saturated heterocycles. The van der Waals surface area contributed by atoms with Gasteiger partial charge in [0.05, 0.1) is 0 Å². The Kier molecular flexibility index (Phi) is 2.70. The predicted molar refractivity (Wildman–Crippen MR) is 41.7 cm³/mol. The van der Waals surface area contributed by atoms with Gasteiger partial charge in [-0.3, -0.25) is 0 Å². The maximum atomic E-state index is 13.1. The molecule has 1 aliphatic rings. The van der Waals surface area contributed by atoms with E-state index in [9.17, 15) is 4.39 Å². The molecule has 0 nitrogen and oxygen atoms in total. The average Bonchev–Trinajstić information content (AvgIpc) is 1.88. The minimum Gasteiger partial charge on any atom is -0.247 e. The second kappa shape index (κ2) is 3.36. The van der Waals surface area contributed by atoms with E-state index in [-0.39, 0.29) is 0 Å². The van der Waals surface area contributed by atoms with Crippen molar-refractivity contribution in [2.75, 3.05) is 0 Å². The molecule has 0 N–H and O–H groups in total. The number of hydrogen-bond donors (Lipinski definition) is 0. The highest BCUT2D eigenvalue weighted by atomic mass is 19.1. The molecule has 0 radical (unpaired) electrons. The summed E-state index contributed by atoms with van der Waals surface area (Å²) in [5.74, 6) is 0.893. The summed E-state index contributed by atoms with van der Waals surface area (Å²) in [6, 6.07) is 0. The molecular formula is C9H17F. The van der Waals surface area contributed by atoms with Crippen molar-refractivity contribution in [3.8, 4) is 0 Å². The summed E-state index contributed by atoms with van der Waals surface area (Å²) < 4.78 is 13.1. The fraction of sp³-hybridized carbons (Fsp3) is 1.00. The first-order chi connectivity index (χ1) is 4.72. The molecule has 2 atom stereocenters. The minimum absolute atomic E-state index is 0.355. The van der Waals surface area contributed by atoms with Crippen molar-refractivity contribution in [3.63, 3.8) is 0 Å². The number of rotatable bonds is 1. The first-order valence-electron chi connectivity index (χ1n) is 4.36. The van der Waals surface area contributed by atoms with Crippen LogP contribution in [0.2, 0.25) is 0 Å². The van der Waals surface area contributed by atoms with Gasteiger partial charge < -0.3 is 0 Å². The molecule has 1 aliphatic carbocycles. The lowest BCUT2D eigenvalue weighted by Gasteiger charge is -2.28. The Morgan fingerprint density at radius 2 is 1.80 bits per heavy atom. The summed E-state index contributed by atoms with van der Waals surface area (Å²) in [4.78, 5) is 0. The molecule has 0 aromatic carbocycles. The Morgan fingerprint density at radius 3 is 2.20 bits per heavy atom. The van der Waals surface area contributed by atoms with Crippen LogP contribution < -0.4 is 0 Å². The van der Waals surface area contributed by atoms with Gasteiger partial charge in [0.25, 0.3) is 0 Å². The van der Waals surface area contributed by atoms with Gasteiger partial charge in [-0.2, -0.15) is 0 Å². The monoisotopic (exact) mass is 144 g/mol. The summed E-state index contributed by atoms with van der Waals surface area (Å²) in [7, 11) is 0. The van der Waals surface area contributed by atoms with Gasteiger partial charge in [-0.05, 0) is 24.7 Å². The molecule has 10 heavy (non-hydrogen) atoms. The van der Waals surface area contributed by atoms with Crippen LogP contribution >= 0.6 is 0 Å². The summed E-state index contributed by atoms with van der Waals surface area (Å²) >= 11 is 0. The van der Waals surface area contributed by atoms with Crippen molar-refractivity contribution >= 4 is 0 Å². The van der Waals surface area contributed by atoms with E-state index in [4.69, 9.17) is 0 Å². The van der Waals surface area contributed by atoms with E-state index in [1.165, 1.54) is 6.42 Å². The van der Waals surface area contributed by atoms with Crippen LogP contribution in [0.1, 0.15) is 39.5 Å². The van der Waals surface area contributed by atoms with E-state index in [1.54, 1.807) is 0 Å². The Labute approximate surface area is 62.8 Å². The predicted octanol–water partition coefficient (Wildman–Crippen LogP) is 3.17. The zero-order valence-electron chi connectivity index (χ0n) is 6.94. The second-order valence-electron chi connectivity index (χ2n) is 3.71. The van der Waals surface area contributed by atoms with Gasteiger partial charge in [-0.25, -0.2) is 4.39 Å². The number of halogens is 1. The third kappa shape index (κ3) is 1.71. The summed E-state index contributed by atoms with van der Waals surface area (Å²) in [6.07, 6.45) is 3.75. The first-order valence-corrected chi connectivity index (χ1v) is 4.36. The maximum Gasteiger partial charge on any atom is 0.103 e. The lowest BCUT2D eigenvalue weighted by molar-refractivity contribution is 0.127. The van der Waals surface area contributed by atoms with E-state index in [1.807, 2.05) is 0 Å². The topological polar surface area (TPSA) is 0 Å². The van der Waals surface area contributed by atoms with E-state index in [2.05, 4.69) is 13.8 Å². The van der Waals surface area contributed by atoms with Crippen LogP contribution in [0.15, 0.2) is 0 Å². The quantitative estimate of drug-likeness (QED) is 0.530. The maximum absolute atomic E-state index is 13.1. The third-order valence-electron chi connectivity index (χ3n) is 2.59. The molecule has 1 saturated carbocycles. The van der Waals surface area contributed by atoms with Crippen molar-refractivity contribution in [1.29, 1.82) is 0 Å². The fourth-order valence-electron chi connectivity index (χ4n) is 1.87. The highest BCUT2D eigenvalue weighted by Gasteiger charge is 2.26. The Balaban J connectivity index is 2.40. The minimum atomic E-state index is -0.506. The second-order valence-corrected chi connectivity index (χ2v) is 3.71. The molecular weight excluding hydrogens is 127 g/mol. The van der Waals surface area contributed by atoms with Gasteiger partial charge in [0.2, 0.25) is 0 Å². The standard InChI is InChI=1S/C9H17F/c1-7(2)8-5-3-4-6-9(8)10/h7-9H,3-6H2,1-2H3/t8-,9+/m0/s1. The first kappa shape index (κ1) is 8.03. The Bertz CT molecular complexity index is 98.9. The molecule has 0 aromatic rings. The molecule has 0 spiro atoms. The zero-order valence-corrected chi connectivity index (χ0v) is 6.94. The van der Waals surface area contributed by atoms with Crippen LogP contribution in [0.25, 0.3) is 0 Å². The zero-order chi connectivity index (χ0) is 7.56. The van der Waals surface area contributed by atoms with E-state index in [0.29, 0.717) is 11.8 Å². The fourth-order valence-corrected chi connectivity index (χ4v) is 1.87. The van der Waals surface area contributed by atoms with E-state index < -0.39 is 6.17 Å². The highest BCUT2D eigenvalue weighted by molar-refractivity contribution is 4.76. The normalized spacial score (nSPS) is 34.8. The summed E-state index contributed by atoms with van der Waals surface area (Å²) in [5, 5.41) is 0. The van der Waals surface area contributed by atoms with Gasteiger partial charge in [-0.15, -0.1) is 0 Å². The lowest BCUT2D eigenvalue weighted by atomic mass is 9.80. The van der Waals surface area contributed by atoms with Gasteiger partial charge in [0.1, 0.15) is 6.17 Å². The Hall–Kier alpha value is -0.0700. The smallest absolute Gasteiger partial charge is 0.103 e. The molecule has 1 rings (SSSR count). The van der Waals surface area contributed by atoms with Crippen molar-refractivity contribution in [1.82, 2.24) is 0 Å². The third-order valence-corrected chi connectivity index (χ3v) is 2.59. The van der Waals surface area contributed by atoms with Gasteiger partial charge >= 0.3 is 0 Å². The van der Waals surface area contributed by atoms with Crippen LogP contribution in [0.5, 0.6) is 0 Å². The average molecular weight is 144 g/mol. The molecule has 0 heterocycles. The molecule has 60 valence electrons. The van der Waals surface area contributed by atoms with Gasteiger partial charge in [0.15, 0.2) is 0 Å². The summed E-state index contributed by atoms with van der Waals surface area (Å²) in [6.45, 7) is 4.26. The van der Waals surface area contributed by atoms with E-state index in [0.717, 1.165) is 19.3 Å². The van der Waals surface area contributed by atoms with Crippen molar-refractivity contribution in [2.45, 2.75) is 45.7 Å². The van der Waals surface area contributed by atoms with Crippen LogP contribution in [-0.2, 0) is 0 Å². The van der Waals surface area contributed by atoms with Crippen LogP contribution in [-0.4, -0.2) is 6.17 Å². The molecule has 0 bridgehead atoms. The van der Waals surface area contributed by atoms with Crippen LogP contribution in [0.3, 0.4) is 0 Å². The van der Waals surface area contributed by atoms with Gasteiger partial charge in [-0.1, -0.05) is 26.7 Å². The van der Waals surface area contributed by atoms with Crippen LogP contribution in [0, 0.1) is 11.8 Å². The molecule has 1 heteroatoms. The largest absolute Gasteiger partial charge is 0.247 e. The molecule has 0 unspecified atom stereocenters. The molecule has 0 aliphatic heterocycles. The van der Waals surface area contributed by atoms with Crippen molar-refractivity contribution < 1.29 is 4.39 Å².